The summed E-state index contributed by atoms with van der Waals surface area (Å²) in [5, 5.41) is 3.72. The molecule has 21 heavy (non-hydrogen) atoms. The van der Waals surface area contributed by atoms with Gasteiger partial charge < -0.3 is 14.8 Å². The van der Waals surface area contributed by atoms with Crippen molar-refractivity contribution in [3.05, 3.63) is 22.2 Å². The number of ether oxygens (including phenoxy) is 2. The molecule has 1 N–H and O–H groups in total. The SMILES string of the molecule is COc1cc(CNC2CCCC(C)C2C)cc(Br)c1OC. The Morgan fingerprint density at radius 3 is 2.62 bits per heavy atom. The lowest BCUT2D eigenvalue weighted by molar-refractivity contribution is 0.206. The zero-order chi connectivity index (χ0) is 15.4. The lowest BCUT2D eigenvalue weighted by Crippen LogP contribution is -2.40. The van der Waals surface area contributed by atoms with Crippen LogP contribution in [0.3, 0.4) is 0 Å². The highest BCUT2D eigenvalue weighted by Crippen LogP contribution is 2.36. The summed E-state index contributed by atoms with van der Waals surface area (Å²) in [6.07, 6.45) is 3.97. The molecule has 1 saturated carbocycles. The van der Waals surface area contributed by atoms with Crippen molar-refractivity contribution < 1.29 is 9.47 Å². The zero-order valence-electron chi connectivity index (χ0n) is 13.4. The molecule has 0 aromatic heterocycles. The van der Waals surface area contributed by atoms with Crippen LogP contribution in [-0.4, -0.2) is 20.3 Å². The predicted octanol–water partition coefficient (Wildman–Crippen LogP) is 4.38. The third kappa shape index (κ3) is 3.92. The number of halogens is 1. The van der Waals surface area contributed by atoms with Crippen molar-refractivity contribution in [2.45, 2.75) is 45.7 Å². The van der Waals surface area contributed by atoms with Crippen molar-refractivity contribution in [1.29, 1.82) is 0 Å². The maximum absolute atomic E-state index is 5.40. The average Bonchev–Trinajstić information content (AvgIpc) is 2.48. The molecular weight excluding hydrogens is 330 g/mol. The van der Waals surface area contributed by atoms with Gasteiger partial charge in [0.15, 0.2) is 11.5 Å². The first kappa shape index (κ1) is 16.6. The van der Waals surface area contributed by atoms with Gasteiger partial charge in [-0.05, 0) is 51.9 Å². The van der Waals surface area contributed by atoms with E-state index in [1.54, 1.807) is 14.2 Å². The smallest absolute Gasteiger partial charge is 0.174 e. The molecule has 0 aliphatic heterocycles. The number of nitrogens with one attached hydrogen (secondary N) is 1. The van der Waals surface area contributed by atoms with Crippen LogP contribution in [0, 0.1) is 11.8 Å². The van der Waals surface area contributed by atoms with Gasteiger partial charge in [0, 0.05) is 12.6 Å². The average molecular weight is 356 g/mol. The van der Waals surface area contributed by atoms with Crippen LogP contribution in [0.5, 0.6) is 11.5 Å². The largest absolute Gasteiger partial charge is 0.493 e. The van der Waals surface area contributed by atoms with Gasteiger partial charge in [-0.15, -0.1) is 0 Å². The normalized spacial score (nSPS) is 25.7. The number of benzene rings is 1. The summed E-state index contributed by atoms with van der Waals surface area (Å²) < 4.78 is 11.7. The fourth-order valence-electron chi connectivity index (χ4n) is 3.19. The first-order valence-corrected chi connectivity index (χ1v) is 8.50. The van der Waals surface area contributed by atoms with Crippen molar-refractivity contribution in [3.8, 4) is 11.5 Å². The van der Waals surface area contributed by atoms with Gasteiger partial charge in [-0.1, -0.05) is 26.7 Å². The molecule has 4 heteroatoms. The van der Waals surface area contributed by atoms with Gasteiger partial charge in [-0.2, -0.15) is 0 Å². The summed E-state index contributed by atoms with van der Waals surface area (Å²) in [6.45, 7) is 5.60. The van der Waals surface area contributed by atoms with Crippen molar-refractivity contribution in [1.82, 2.24) is 5.32 Å². The Labute approximate surface area is 136 Å². The molecule has 3 nitrogen and oxygen atoms in total. The molecule has 0 spiro atoms. The predicted molar refractivity (Wildman–Crippen MR) is 90.1 cm³/mol. The van der Waals surface area contributed by atoms with E-state index in [0.29, 0.717) is 6.04 Å². The minimum Gasteiger partial charge on any atom is -0.493 e. The van der Waals surface area contributed by atoms with Crippen LogP contribution < -0.4 is 14.8 Å². The van der Waals surface area contributed by atoms with Gasteiger partial charge in [-0.25, -0.2) is 0 Å². The third-order valence-corrected chi connectivity index (χ3v) is 5.36. The molecule has 118 valence electrons. The molecule has 1 aliphatic rings. The summed E-state index contributed by atoms with van der Waals surface area (Å²) in [5.74, 6) is 3.07. The summed E-state index contributed by atoms with van der Waals surface area (Å²) in [6, 6.07) is 4.76. The molecule has 0 radical (unpaired) electrons. The highest BCUT2D eigenvalue weighted by atomic mass is 79.9. The lowest BCUT2D eigenvalue weighted by Gasteiger charge is -2.34. The summed E-state index contributed by atoms with van der Waals surface area (Å²) in [7, 11) is 3.33. The highest BCUT2D eigenvalue weighted by molar-refractivity contribution is 9.10. The Kier molecular flexibility index (Phi) is 5.94. The van der Waals surface area contributed by atoms with Gasteiger partial charge in [0.1, 0.15) is 0 Å². The molecule has 3 unspecified atom stereocenters. The van der Waals surface area contributed by atoms with Crippen LogP contribution in [0.4, 0.5) is 0 Å². The Morgan fingerprint density at radius 1 is 1.19 bits per heavy atom. The van der Waals surface area contributed by atoms with Gasteiger partial charge >= 0.3 is 0 Å². The Morgan fingerprint density at radius 2 is 1.95 bits per heavy atom. The second kappa shape index (κ2) is 7.50. The van der Waals surface area contributed by atoms with Gasteiger partial charge in [0.05, 0.1) is 18.7 Å². The van der Waals surface area contributed by atoms with Crippen LogP contribution in [-0.2, 0) is 6.54 Å². The molecule has 0 amide bonds. The summed E-state index contributed by atoms with van der Waals surface area (Å²) in [5.41, 5.74) is 1.21. The first-order chi connectivity index (χ1) is 10.1. The van der Waals surface area contributed by atoms with E-state index in [9.17, 15) is 0 Å². The van der Waals surface area contributed by atoms with Crippen molar-refractivity contribution in [2.24, 2.45) is 11.8 Å². The van der Waals surface area contributed by atoms with Crippen LogP contribution >= 0.6 is 15.9 Å². The standard InChI is InChI=1S/C17H26BrNO2/c1-11-6-5-7-15(12(11)2)19-10-13-8-14(18)17(21-4)16(9-13)20-3/h8-9,11-12,15,19H,5-7,10H2,1-4H3. The van der Waals surface area contributed by atoms with Crippen molar-refractivity contribution in [3.63, 3.8) is 0 Å². The minimum atomic E-state index is 0.612. The maximum Gasteiger partial charge on any atom is 0.174 e. The third-order valence-electron chi connectivity index (χ3n) is 4.77. The van der Waals surface area contributed by atoms with Gasteiger partial charge in [-0.3, -0.25) is 0 Å². The lowest BCUT2D eigenvalue weighted by atomic mass is 9.78. The molecular formula is C17H26BrNO2. The molecule has 1 aromatic rings. The molecule has 1 aromatic carbocycles. The van der Waals surface area contributed by atoms with E-state index < -0.39 is 0 Å². The summed E-state index contributed by atoms with van der Waals surface area (Å²) in [4.78, 5) is 0. The molecule has 0 heterocycles. The molecule has 0 saturated heterocycles. The number of hydrogen-bond acceptors (Lipinski definition) is 3. The van der Waals surface area contributed by atoms with Crippen LogP contribution in [0.25, 0.3) is 0 Å². The molecule has 0 bridgehead atoms. The molecule has 1 fully saturated rings. The maximum atomic E-state index is 5.40. The molecule has 1 aliphatic carbocycles. The second-order valence-electron chi connectivity index (χ2n) is 6.07. The second-order valence-corrected chi connectivity index (χ2v) is 6.92. The summed E-state index contributed by atoms with van der Waals surface area (Å²) >= 11 is 3.55. The Bertz CT molecular complexity index is 478. The van der Waals surface area contributed by atoms with E-state index >= 15 is 0 Å². The van der Waals surface area contributed by atoms with Gasteiger partial charge in [0.2, 0.25) is 0 Å². The van der Waals surface area contributed by atoms with E-state index in [0.717, 1.165) is 34.4 Å². The fraction of sp³-hybridized carbons (Fsp3) is 0.647. The number of rotatable bonds is 5. The quantitative estimate of drug-likeness (QED) is 0.849. The van der Waals surface area contributed by atoms with E-state index in [1.807, 2.05) is 6.07 Å². The van der Waals surface area contributed by atoms with Crippen molar-refractivity contribution in [2.75, 3.05) is 14.2 Å². The Balaban J connectivity index is 2.04. The molecule has 2 rings (SSSR count). The fourth-order valence-corrected chi connectivity index (χ4v) is 3.84. The molecule has 3 atom stereocenters. The van der Waals surface area contributed by atoms with E-state index in [4.69, 9.17) is 9.47 Å². The van der Waals surface area contributed by atoms with E-state index in [1.165, 1.54) is 24.8 Å². The topological polar surface area (TPSA) is 30.5 Å². The highest BCUT2D eigenvalue weighted by Gasteiger charge is 2.26. The monoisotopic (exact) mass is 355 g/mol. The van der Waals surface area contributed by atoms with E-state index in [-0.39, 0.29) is 0 Å². The van der Waals surface area contributed by atoms with Crippen LogP contribution in [0.1, 0.15) is 38.7 Å². The van der Waals surface area contributed by atoms with E-state index in [2.05, 4.69) is 41.2 Å². The minimum absolute atomic E-state index is 0.612. The van der Waals surface area contributed by atoms with Crippen LogP contribution in [0.15, 0.2) is 16.6 Å². The van der Waals surface area contributed by atoms with Crippen molar-refractivity contribution >= 4 is 15.9 Å². The van der Waals surface area contributed by atoms with Gasteiger partial charge in [0.25, 0.3) is 0 Å². The number of methoxy groups -OCH3 is 2. The zero-order valence-corrected chi connectivity index (χ0v) is 15.0. The van der Waals surface area contributed by atoms with Crippen LogP contribution in [0.2, 0.25) is 0 Å². The Hall–Kier alpha value is -0.740. The number of hydrogen-bond donors (Lipinski definition) is 1. The first-order valence-electron chi connectivity index (χ1n) is 7.70.